The number of nitrogens with one attached hydrogen (secondary N) is 1. The van der Waals surface area contributed by atoms with Crippen molar-refractivity contribution in [2.24, 2.45) is 0 Å². The van der Waals surface area contributed by atoms with Gasteiger partial charge in [0.25, 0.3) is 0 Å². The average Bonchev–Trinajstić information content (AvgIpc) is 3.29. The molecule has 5 heteroatoms. The van der Waals surface area contributed by atoms with Crippen LogP contribution >= 0.6 is 0 Å². The Kier molecular flexibility index (Phi) is 8.28. The van der Waals surface area contributed by atoms with Crippen molar-refractivity contribution >= 4 is 11.8 Å². The third-order valence-corrected chi connectivity index (χ3v) is 6.61. The number of hydrogen-bond donors (Lipinski definition) is 1. The molecule has 1 aliphatic carbocycles. The quantitative estimate of drug-likeness (QED) is 0.572. The summed E-state index contributed by atoms with van der Waals surface area (Å²) >= 11 is 0. The molecule has 1 atom stereocenters. The molecule has 2 aromatic rings. The molecule has 0 saturated heterocycles. The van der Waals surface area contributed by atoms with Gasteiger partial charge in [0, 0.05) is 24.6 Å². The molecule has 2 amide bonds. The van der Waals surface area contributed by atoms with Crippen LogP contribution in [0.5, 0.6) is 0 Å². The predicted molar refractivity (Wildman–Crippen MR) is 130 cm³/mol. The first-order valence-corrected chi connectivity index (χ1v) is 12.1. The lowest BCUT2D eigenvalue weighted by Crippen LogP contribution is -2.49. The Balaban J connectivity index is 1.70. The van der Waals surface area contributed by atoms with E-state index in [1.54, 1.807) is 25.1 Å². The van der Waals surface area contributed by atoms with Gasteiger partial charge < -0.3 is 10.2 Å². The Hall–Kier alpha value is -2.69. The lowest BCUT2D eigenvalue weighted by Gasteiger charge is -2.30. The maximum atomic E-state index is 14.4. The maximum absolute atomic E-state index is 14.4. The Morgan fingerprint density at radius 2 is 1.70 bits per heavy atom. The average molecular weight is 453 g/mol. The van der Waals surface area contributed by atoms with Crippen molar-refractivity contribution in [1.29, 1.82) is 0 Å². The van der Waals surface area contributed by atoms with Gasteiger partial charge in [-0.2, -0.15) is 0 Å². The number of rotatable bonds is 8. The van der Waals surface area contributed by atoms with Crippen LogP contribution in [0, 0.1) is 5.82 Å². The van der Waals surface area contributed by atoms with E-state index in [9.17, 15) is 14.0 Å². The Morgan fingerprint density at radius 1 is 1.06 bits per heavy atom. The van der Waals surface area contributed by atoms with Gasteiger partial charge in [-0.25, -0.2) is 4.39 Å². The van der Waals surface area contributed by atoms with E-state index in [0.29, 0.717) is 12.0 Å². The summed E-state index contributed by atoms with van der Waals surface area (Å²) in [7, 11) is 0. The van der Waals surface area contributed by atoms with E-state index in [1.165, 1.54) is 16.5 Å². The Labute approximate surface area is 197 Å². The molecule has 1 fully saturated rings. The van der Waals surface area contributed by atoms with E-state index < -0.39 is 6.04 Å². The molecule has 1 aliphatic rings. The molecule has 33 heavy (non-hydrogen) atoms. The molecule has 2 aromatic carbocycles. The highest BCUT2D eigenvalue weighted by Crippen LogP contribution is 2.23. The molecule has 0 aromatic heterocycles. The second-order valence-corrected chi connectivity index (χ2v) is 10.2. The van der Waals surface area contributed by atoms with E-state index in [-0.39, 0.29) is 42.1 Å². The fourth-order valence-electron chi connectivity index (χ4n) is 4.35. The van der Waals surface area contributed by atoms with Crippen LogP contribution < -0.4 is 5.32 Å². The number of aryl methyl sites for hydroxylation is 1. The first-order valence-electron chi connectivity index (χ1n) is 12.1. The molecule has 0 unspecified atom stereocenters. The van der Waals surface area contributed by atoms with Crippen LogP contribution in [0.25, 0.3) is 0 Å². The monoisotopic (exact) mass is 452 g/mol. The molecule has 0 spiro atoms. The van der Waals surface area contributed by atoms with Crippen LogP contribution in [0.15, 0.2) is 48.5 Å². The molecule has 178 valence electrons. The summed E-state index contributed by atoms with van der Waals surface area (Å²) in [5.41, 5.74) is 2.81. The summed E-state index contributed by atoms with van der Waals surface area (Å²) in [5.74, 6) is -0.676. The zero-order valence-electron chi connectivity index (χ0n) is 20.4. The Bertz CT molecular complexity index is 943. The van der Waals surface area contributed by atoms with Gasteiger partial charge in [-0.3, -0.25) is 9.59 Å². The minimum absolute atomic E-state index is 0.0764. The molecule has 0 aliphatic heterocycles. The van der Waals surface area contributed by atoms with E-state index in [0.717, 1.165) is 31.2 Å². The van der Waals surface area contributed by atoms with Gasteiger partial charge in [0.2, 0.25) is 11.8 Å². The SMILES string of the molecule is C[C@@H](C(=O)NC1CCCC1)N(Cc1ccccc1F)C(=O)CCc1ccc(C(C)(C)C)cc1. The molecule has 1 N–H and O–H groups in total. The lowest BCUT2D eigenvalue weighted by atomic mass is 9.86. The number of carbonyl (C=O) groups is 2. The minimum Gasteiger partial charge on any atom is -0.352 e. The number of carbonyl (C=O) groups excluding carboxylic acids is 2. The summed E-state index contributed by atoms with van der Waals surface area (Å²) in [6, 6.07) is 14.3. The highest BCUT2D eigenvalue weighted by molar-refractivity contribution is 5.87. The molecule has 4 nitrogen and oxygen atoms in total. The molecule has 0 radical (unpaired) electrons. The molecular formula is C28H37FN2O2. The van der Waals surface area contributed by atoms with Gasteiger partial charge in [0.1, 0.15) is 11.9 Å². The zero-order valence-corrected chi connectivity index (χ0v) is 20.4. The summed E-state index contributed by atoms with van der Waals surface area (Å²) in [4.78, 5) is 27.7. The van der Waals surface area contributed by atoms with Crippen molar-refractivity contribution in [2.45, 2.75) is 90.3 Å². The van der Waals surface area contributed by atoms with Gasteiger partial charge in [-0.15, -0.1) is 0 Å². The number of hydrogen-bond acceptors (Lipinski definition) is 2. The smallest absolute Gasteiger partial charge is 0.242 e. The third kappa shape index (κ3) is 6.89. The van der Waals surface area contributed by atoms with Crippen LogP contribution in [-0.2, 0) is 28.0 Å². The van der Waals surface area contributed by atoms with E-state index in [2.05, 4.69) is 50.4 Å². The summed E-state index contributed by atoms with van der Waals surface area (Å²) in [6.45, 7) is 8.33. The van der Waals surface area contributed by atoms with E-state index >= 15 is 0 Å². The first-order chi connectivity index (χ1) is 15.6. The number of nitrogens with zero attached hydrogens (tertiary/aromatic N) is 1. The number of amides is 2. The van der Waals surface area contributed by atoms with Crippen molar-refractivity contribution < 1.29 is 14.0 Å². The van der Waals surface area contributed by atoms with Gasteiger partial charge in [0.05, 0.1) is 0 Å². The van der Waals surface area contributed by atoms with Gasteiger partial charge in [-0.1, -0.05) is 76.1 Å². The number of halogens is 1. The van der Waals surface area contributed by atoms with Crippen LogP contribution in [-0.4, -0.2) is 28.8 Å². The Morgan fingerprint density at radius 3 is 2.30 bits per heavy atom. The number of benzene rings is 2. The van der Waals surface area contributed by atoms with Gasteiger partial charge in [0.15, 0.2) is 0 Å². The molecule has 1 saturated carbocycles. The van der Waals surface area contributed by atoms with Crippen molar-refractivity contribution in [1.82, 2.24) is 10.2 Å². The fourth-order valence-corrected chi connectivity index (χ4v) is 4.35. The minimum atomic E-state index is -0.666. The van der Waals surface area contributed by atoms with Crippen LogP contribution in [0.2, 0.25) is 0 Å². The highest BCUT2D eigenvalue weighted by Gasteiger charge is 2.28. The third-order valence-electron chi connectivity index (χ3n) is 6.61. The molecule has 0 heterocycles. The zero-order chi connectivity index (χ0) is 24.0. The summed E-state index contributed by atoms with van der Waals surface area (Å²) in [5, 5.41) is 3.08. The maximum Gasteiger partial charge on any atom is 0.242 e. The van der Waals surface area contributed by atoms with Crippen LogP contribution in [0.1, 0.15) is 76.5 Å². The normalized spacial score (nSPS) is 15.3. The van der Waals surface area contributed by atoms with Crippen LogP contribution in [0.4, 0.5) is 4.39 Å². The highest BCUT2D eigenvalue weighted by atomic mass is 19.1. The molecule has 0 bridgehead atoms. The van der Waals surface area contributed by atoms with Crippen molar-refractivity contribution in [3.63, 3.8) is 0 Å². The van der Waals surface area contributed by atoms with Crippen molar-refractivity contribution in [2.75, 3.05) is 0 Å². The van der Waals surface area contributed by atoms with Gasteiger partial charge in [-0.05, 0) is 48.8 Å². The summed E-state index contributed by atoms with van der Waals surface area (Å²) in [6.07, 6.45) is 5.03. The van der Waals surface area contributed by atoms with Crippen LogP contribution in [0.3, 0.4) is 0 Å². The van der Waals surface area contributed by atoms with Crippen molar-refractivity contribution in [3.05, 3.63) is 71.0 Å². The summed E-state index contributed by atoms with van der Waals surface area (Å²) < 4.78 is 14.4. The van der Waals surface area contributed by atoms with Crippen molar-refractivity contribution in [3.8, 4) is 0 Å². The first kappa shape index (κ1) is 24.9. The molecular weight excluding hydrogens is 415 g/mol. The topological polar surface area (TPSA) is 49.4 Å². The fraction of sp³-hybridized carbons (Fsp3) is 0.500. The second kappa shape index (κ2) is 11.0. The second-order valence-electron chi connectivity index (χ2n) is 10.2. The molecule has 3 rings (SSSR count). The lowest BCUT2D eigenvalue weighted by molar-refractivity contribution is -0.140. The van der Waals surface area contributed by atoms with Gasteiger partial charge >= 0.3 is 0 Å². The standard InChI is InChI=1S/C28H37FN2O2/c1-20(27(33)30-24-10-6-7-11-24)31(19-22-9-5-8-12-25(22)29)26(32)18-15-21-13-16-23(17-14-21)28(2,3)4/h5,8-9,12-14,16-17,20,24H,6-7,10-11,15,18-19H2,1-4H3,(H,30,33)/t20-/m0/s1. The van der Waals surface area contributed by atoms with E-state index in [4.69, 9.17) is 0 Å². The largest absolute Gasteiger partial charge is 0.352 e. The van der Waals surface area contributed by atoms with E-state index in [1.807, 2.05) is 0 Å². The predicted octanol–water partition coefficient (Wildman–Crippen LogP) is 5.53.